The zero-order chi connectivity index (χ0) is 18.1. The van der Waals surface area contributed by atoms with Crippen LogP contribution in [0.3, 0.4) is 0 Å². The van der Waals surface area contributed by atoms with Gasteiger partial charge in [0.2, 0.25) is 0 Å². The number of allylic oxidation sites excluding steroid dienone is 1. The number of carbonyl (C=O) groups is 1. The summed E-state index contributed by atoms with van der Waals surface area (Å²) in [5.74, 6) is -0.230. The molecule has 0 atom stereocenters. The monoisotopic (exact) mass is 341 g/mol. The van der Waals surface area contributed by atoms with Crippen LogP contribution in [0.4, 0.5) is 0 Å². The number of aliphatic carboxylic acids is 1. The molecule has 5 heteroatoms. The van der Waals surface area contributed by atoms with E-state index < -0.39 is 5.97 Å². The second-order valence-electron chi connectivity index (χ2n) is 5.59. The van der Waals surface area contributed by atoms with Gasteiger partial charge in [-0.05, 0) is 37.1 Å². The number of nitrogens with one attached hydrogen (secondary N) is 1. The molecule has 2 rings (SSSR count). The predicted octanol–water partition coefficient (Wildman–Crippen LogP) is 3.58. The molecule has 0 saturated carbocycles. The topological polar surface area (TPSA) is 67.8 Å². The summed E-state index contributed by atoms with van der Waals surface area (Å²) in [6, 6.07) is 15.2. The van der Waals surface area contributed by atoms with Crippen molar-refractivity contribution in [2.45, 2.75) is 20.3 Å². The van der Waals surface area contributed by atoms with Crippen LogP contribution in [0, 0.1) is 6.92 Å². The summed E-state index contributed by atoms with van der Waals surface area (Å²) in [7, 11) is 0. The number of carboxylic acid groups (broad SMARTS) is 1. The Labute approximate surface area is 147 Å². The third-order valence-corrected chi connectivity index (χ3v) is 3.54. The molecule has 0 aliphatic rings. The molecular weight excluding hydrogens is 318 g/mol. The lowest BCUT2D eigenvalue weighted by Gasteiger charge is -2.12. The molecule has 132 valence electrons. The molecule has 0 spiro atoms. The van der Waals surface area contributed by atoms with Gasteiger partial charge in [-0.25, -0.2) is 0 Å². The van der Waals surface area contributed by atoms with E-state index in [4.69, 9.17) is 14.7 Å². The molecule has 0 fully saturated rings. The van der Waals surface area contributed by atoms with Gasteiger partial charge in [-0.2, -0.15) is 0 Å². The Morgan fingerprint density at radius 2 is 1.92 bits per heavy atom. The van der Waals surface area contributed by atoms with Gasteiger partial charge >= 0.3 is 5.97 Å². The van der Waals surface area contributed by atoms with E-state index in [1.165, 1.54) is 5.56 Å². The van der Waals surface area contributed by atoms with Crippen molar-refractivity contribution in [3.05, 3.63) is 71.3 Å². The van der Waals surface area contributed by atoms with Crippen LogP contribution in [-0.4, -0.2) is 24.3 Å². The first kappa shape index (κ1) is 18.5. The Morgan fingerprint density at radius 1 is 1.16 bits per heavy atom. The average molecular weight is 341 g/mol. The summed E-state index contributed by atoms with van der Waals surface area (Å²) in [5.41, 5.74) is 6.79. The number of carboxylic acids is 1. The van der Waals surface area contributed by atoms with Gasteiger partial charge in [-0.15, -0.1) is 0 Å². The zero-order valence-corrected chi connectivity index (χ0v) is 14.5. The Hall–Kier alpha value is -2.79. The Morgan fingerprint density at radius 3 is 2.60 bits per heavy atom. The largest absolute Gasteiger partial charge is 0.491 e. The Bertz CT molecular complexity index is 723. The highest BCUT2D eigenvalue weighted by Crippen LogP contribution is 2.14. The Balaban J connectivity index is 1.75. The fourth-order valence-corrected chi connectivity index (χ4v) is 2.27. The third kappa shape index (κ3) is 6.31. The lowest BCUT2D eigenvalue weighted by atomic mass is 10.1. The zero-order valence-electron chi connectivity index (χ0n) is 14.5. The summed E-state index contributed by atoms with van der Waals surface area (Å²) in [6.45, 7) is 4.70. The van der Waals surface area contributed by atoms with Gasteiger partial charge in [0.1, 0.15) is 19.0 Å². The van der Waals surface area contributed by atoms with Gasteiger partial charge in [-0.1, -0.05) is 48.0 Å². The highest BCUT2D eigenvalue weighted by atomic mass is 16.7. The maximum Gasteiger partial charge on any atom is 0.307 e. The van der Waals surface area contributed by atoms with Crippen LogP contribution < -0.4 is 10.2 Å². The lowest BCUT2D eigenvalue weighted by molar-refractivity contribution is -0.136. The van der Waals surface area contributed by atoms with Gasteiger partial charge in [0, 0.05) is 0 Å². The molecule has 0 aromatic heterocycles. The number of hydrogen-bond acceptors (Lipinski definition) is 4. The van der Waals surface area contributed by atoms with Crippen molar-refractivity contribution in [2.24, 2.45) is 0 Å². The van der Waals surface area contributed by atoms with Gasteiger partial charge in [0.15, 0.2) is 0 Å². The molecule has 2 aromatic carbocycles. The van der Waals surface area contributed by atoms with Crippen molar-refractivity contribution in [3.8, 4) is 5.75 Å². The third-order valence-electron chi connectivity index (χ3n) is 3.54. The number of rotatable bonds is 9. The second-order valence-corrected chi connectivity index (χ2v) is 5.59. The van der Waals surface area contributed by atoms with Gasteiger partial charge in [0.05, 0.1) is 12.1 Å². The van der Waals surface area contributed by atoms with E-state index in [1.807, 2.05) is 44.2 Å². The van der Waals surface area contributed by atoms with E-state index >= 15 is 0 Å². The molecule has 2 N–H and O–H groups in total. The summed E-state index contributed by atoms with van der Waals surface area (Å²) >= 11 is 0. The molecule has 0 amide bonds. The molecule has 25 heavy (non-hydrogen) atoms. The summed E-state index contributed by atoms with van der Waals surface area (Å²) in [6.07, 6.45) is 1.93. The minimum Gasteiger partial charge on any atom is -0.491 e. The first-order valence-corrected chi connectivity index (χ1v) is 8.13. The maximum absolute atomic E-state index is 10.7. The molecule has 5 nitrogen and oxygen atoms in total. The van der Waals surface area contributed by atoms with Gasteiger partial charge in [-0.3, -0.25) is 15.1 Å². The Kier molecular flexibility index (Phi) is 7.04. The standard InChI is InChI=1S/C20H23NO4/c1-3-19(17-9-7-15(2)8-10-17)21-25-12-11-24-18-6-4-5-16(13-18)14-20(22)23/h3-10,13,21H,11-12,14H2,1-2H3,(H,22,23). The normalized spacial score (nSPS) is 11.2. The highest BCUT2D eigenvalue weighted by Gasteiger charge is 2.03. The van der Waals surface area contributed by atoms with Crippen LogP contribution in [0.25, 0.3) is 5.70 Å². The second kappa shape index (κ2) is 9.49. The van der Waals surface area contributed by atoms with Crippen molar-refractivity contribution >= 4 is 11.7 Å². The number of benzene rings is 2. The fourth-order valence-electron chi connectivity index (χ4n) is 2.27. The fraction of sp³-hybridized carbons (Fsp3) is 0.250. The number of hydroxylamine groups is 1. The first-order valence-electron chi connectivity index (χ1n) is 8.13. The number of ether oxygens (including phenoxy) is 1. The molecular formula is C20H23NO4. The van der Waals surface area contributed by atoms with E-state index in [9.17, 15) is 4.79 Å². The number of aryl methyl sites for hydroxylation is 1. The SMILES string of the molecule is CC=C(NOCCOc1cccc(CC(=O)O)c1)c1ccc(C)cc1. The molecule has 0 radical (unpaired) electrons. The van der Waals surface area contributed by atoms with E-state index in [0.717, 1.165) is 11.3 Å². The van der Waals surface area contributed by atoms with E-state index in [2.05, 4.69) is 5.48 Å². The van der Waals surface area contributed by atoms with Crippen LogP contribution >= 0.6 is 0 Å². The van der Waals surface area contributed by atoms with Crippen LogP contribution in [0.2, 0.25) is 0 Å². The lowest BCUT2D eigenvalue weighted by Crippen LogP contribution is -2.17. The maximum atomic E-state index is 10.7. The van der Waals surface area contributed by atoms with Crippen molar-refractivity contribution in [1.29, 1.82) is 0 Å². The predicted molar refractivity (Wildman–Crippen MR) is 97.2 cm³/mol. The molecule has 0 saturated heterocycles. The van der Waals surface area contributed by atoms with Gasteiger partial charge in [0.25, 0.3) is 0 Å². The van der Waals surface area contributed by atoms with E-state index in [1.54, 1.807) is 24.3 Å². The van der Waals surface area contributed by atoms with Crippen LogP contribution in [0.1, 0.15) is 23.6 Å². The van der Waals surface area contributed by atoms with Crippen molar-refractivity contribution in [3.63, 3.8) is 0 Å². The van der Waals surface area contributed by atoms with Crippen LogP contribution in [-0.2, 0) is 16.1 Å². The molecule has 0 heterocycles. The summed E-state index contributed by atoms with van der Waals surface area (Å²) < 4.78 is 5.59. The van der Waals surface area contributed by atoms with E-state index in [0.29, 0.717) is 24.5 Å². The van der Waals surface area contributed by atoms with Crippen molar-refractivity contribution in [1.82, 2.24) is 5.48 Å². The minimum absolute atomic E-state index is 0.0174. The quantitative estimate of drug-likeness (QED) is 0.539. The minimum atomic E-state index is -0.861. The molecule has 0 aliphatic heterocycles. The average Bonchev–Trinajstić information content (AvgIpc) is 2.59. The smallest absolute Gasteiger partial charge is 0.307 e. The molecule has 2 aromatic rings. The molecule has 0 unspecified atom stereocenters. The van der Waals surface area contributed by atoms with Gasteiger partial charge < -0.3 is 9.84 Å². The highest BCUT2D eigenvalue weighted by molar-refractivity contribution is 5.70. The van der Waals surface area contributed by atoms with Crippen molar-refractivity contribution in [2.75, 3.05) is 13.2 Å². The van der Waals surface area contributed by atoms with Crippen molar-refractivity contribution < 1.29 is 19.5 Å². The molecule has 0 aliphatic carbocycles. The van der Waals surface area contributed by atoms with Crippen LogP contribution in [0.5, 0.6) is 5.75 Å². The number of hydrogen-bond donors (Lipinski definition) is 2. The summed E-state index contributed by atoms with van der Waals surface area (Å²) in [4.78, 5) is 16.2. The van der Waals surface area contributed by atoms with E-state index in [-0.39, 0.29) is 6.42 Å². The molecule has 0 bridgehead atoms. The summed E-state index contributed by atoms with van der Waals surface area (Å²) in [5, 5.41) is 8.81. The first-order chi connectivity index (χ1) is 12.1. The van der Waals surface area contributed by atoms with Crippen LogP contribution in [0.15, 0.2) is 54.6 Å².